The van der Waals surface area contributed by atoms with Crippen molar-refractivity contribution in [2.45, 2.75) is 12.3 Å². The Morgan fingerprint density at radius 2 is 2.11 bits per heavy atom. The number of H-pyrrole nitrogens is 1. The first-order chi connectivity index (χ1) is 9.20. The second-order valence-electron chi connectivity index (χ2n) is 4.30. The third-order valence-electron chi connectivity index (χ3n) is 2.94. The SMILES string of the molecule is NCCC(COc1ccc(F)cc1F)c1cc[nH]c1. The fourth-order valence-corrected chi connectivity index (χ4v) is 1.92. The summed E-state index contributed by atoms with van der Waals surface area (Å²) in [5, 5.41) is 0. The minimum absolute atomic E-state index is 0.0546. The van der Waals surface area contributed by atoms with Crippen LogP contribution in [0.1, 0.15) is 17.9 Å². The molecule has 1 heterocycles. The quantitative estimate of drug-likeness (QED) is 0.844. The number of aromatic amines is 1. The molecule has 1 unspecified atom stereocenters. The third-order valence-corrected chi connectivity index (χ3v) is 2.94. The van der Waals surface area contributed by atoms with Crippen LogP contribution in [0.15, 0.2) is 36.7 Å². The van der Waals surface area contributed by atoms with Crippen LogP contribution in [-0.2, 0) is 0 Å². The van der Waals surface area contributed by atoms with Crippen LogP contribution in [0.5, 0.6) is 5.75 Å². The molecule has 0 bridgehead atoms. The van der Waals surface area contributed by atoms with E-state index in [4.69, 9.17) is 10.5 Å². The number of rotatable bonds is 6. The molecule has 5 heteroatoms. The molecule has 3 N–H and O–H groups in total. The number of nitrogens with two attached hydrogens (primary N) is 1. The lowest BCUT2D eigenvalue weighted by atomic mass is 9.99. The lowest BCUT2D eigenvalue weighted by Gasteiger charge is -2.16. The number of hydrogen-bond donors (Lipinski definition) is 2. The van der Waals surface area contributed by atoms with E-state index in [1.807, 2.05) is 18.5 Å². The number of nitrogens with one attached hydrogen (secondary N) is 1. The van der Waals surface area contributed by atoms with Crippen molar-refractivity contribution < 1.29 is 13.5 Å². The fourth-order valence-electron chi connectivity index (χ4n) is 1.92. The zero-order valence-corrected chi connectivity index (χ0v) is 10.4. The molecule has 2 rings (SSSR count). The van der Waals surface area contributed by atoms with E-state index in [1.54, 1.807) is 0 Å². The zero-order valence-electron chi connectivity index (χ0n) is 10.4. The molecule has 2 aromatic rings. The first kappa shape index (κ1) is 13.5. The maximum atomic E-state index is 13.4. The lowest BCUT2D eigenvalue weighted by molar-refractivity contribution is 0.269. The Labute approximate surface area is 110 Å². The monoisotopic (exact) mass is 266 g/mol. The smallest absolute Gasteiger partial charge is 0.167 e. The maximum Gasteiger partial charge on any atom is 0.167 e. The molecule has 19 heavy (non-hydrogen) atoms. The number of aromatic nitrogens is 1. The second-order valence-corrected chi connectivity index (χ2v) is 4.30. The summed E-state index contributed by atoms with van der Waals surface area (Å²) in [6.07, 6.45) is 4.42. The molecular formula is C14H16F2N2O. The summed E-state index contributed by atoms with van der Waals surface area (Å²) in [6.45, 7) is 0.822. The molecule has 0 spiro atoms. The normalized spacial score (nSPS) is 12.4. The molecule has 0 saturated carbocycles. The van der Waals surface area contributed by atoms with Gasteiger partial charge in [-0.15, -0.1) is 0 Å². The Morgan fingerprint density at radius 1 is 1.26 bits per heavy atom. The first-order valence-electron chi connectivity index (χ1n) is 6.11. The molecule has 0 fully saturated rings. The van der Waals surface area contributed by atoms with Crippen LogP contribution in [-0.4, -0.2) is 18.1 Å². The Bertz CT molecular complexity index is 514. The van der Waals surface area contributed by atoms with Crippen LogP contribution < -0.4 is 10.5 Å². The molecule has 102 valence electrons. The van der Waals surface area contributed by atoms with Crippen LogP contribution >= 0.6 is 0 Å². The van der Waals surface area contributed by atoms with Crippen molar-refractivity contribution in [3.05, 3.63) is 53.9 Å². The van der Waals surface area contributed by atoms with E-state index in [2.05, 4.69) is 4.98 Å². The van der Waals surface area contributed by atoms with Crippen LogP contribution in [0, 0.1) is 11.6 Å². The fraction of sp³-hybridized carbons (Fsp3) is 0.286. The van der Waals surface area contributed by atoms with Crippen molar-refractivity contribution in [2.75, 3.05) is 13.2 Å². The summed E-state index contributed by atoms with van der Waals surface area (Å²) in [5.74, 6) is -1.17. The molecule has 1 atom stereocenters. The summed E-state index contributed by atoms with van der Waals surface area (Å²) >= 11 is 0. The van der Waals surface area contributed by atoms with Gasteiger partial charge in [0.05, 0.1) is 6.61 Å². The highest BCUT2D eigenvalue weighted by Gasteiger charge is 2.13. The van der Waals surface area contributed by atoms with Gasteiger partial charge in [-0.1, -0.05) is 0 Å². The number of halogens is 2. The topological polar surface area (TPSA) is 51.0 Å². The number of ether oxygens (including phenoxy) is 1. The summed E-state index contributed by atoms with van der Waals surface area (Å²) < 4.78 is 31.6. The molecule has 0 saturated heterocycles. The molecule has 0 aliphatic heterocycles. The standard InChI is InChI=1S/C14H16F2N2O/c15-12-1-2-14(13(16)7-12)19-9-11(3-5-17)10-4-6-18-8-10/h1-2,4,6-8,11,18H,3,5,9,17H2. The van der Waals surface area contributed by atoms with Gasteiger partial charge in [-0.3, -0.25) is 0 Å². The van der Waals surface area contributed by atoms with Gasteiger partial charge in [0.1, 0.15) is 5.82 Å². The molecule has 3 nitrogen and oxygen atoms in total. The number of hydrogen-bond acceptors (Lipinski definition) is 2. The molecule has 0 radical (unpaired) electrons. The van der Waals surface area contributed by atoms with Gasteiger partial charge in [-0.05, 0) is 36.7 Å². The zero-order chi connectivity index (χ0) is 13.7. The predicted octanol–water partition coefficient (Wildman–Crippen LogP) is 2.80. The minimum Gasteiger partial charge on any atom is -0.490 e. The van der Waals surface area contributed by atoms with Crippen LogP contribution in [0.2, 0.25) is 0 Å². The van der Waals surface area contributed by atoms with Gasteiger partial charge in [0, 0.05) is 24.4 Å². The molecular weight excluding hydrogens is 250 g/mol. The molecule has 0 aliphatic rings. The Kier molecular flexibility index (Phi) is 4.52. The summed E-state index contributed by atoms with van der Waals surface area (Å²) in [6, 6.07) is 5.21. The highest BCUT2D eigenvalue weighted by atomic mass is 19.1. The van der Waals surface area contributed by atoms with Crippen LogP contribution in [0.3, 0.4) is 0 Å². The summed E-state index contributed by atoms with van der Waals surface area (Å²) in [4.78, 5) is 2.97. The minimum atomic E-state index is -0.694. The second kappa shape index (κ2) is 6.33. The molecule has 1 aromatic carbocycles. The molecule has 0 aliphatic carbocycles. The number of benzene rings is 1. The van der Waals surface area contributed by atoms with Gasteiger partial charge in [0.25, 0.3) is 0 Å². The summed E-state index contributed by atoms with van der Waals surface area (Å²) in [5.41, 5.74) is 6.63. The average Bonchev–Trinajstić information content (AvgIpc) is 2.90. The van der Waals surface area contributed by atoms with Crippen molar-refractivity contribution in [3.8, 4) is 5.75 Å². The first-order valence-corrected chi connectivity index (χ1v) is 6.11. The Balaban J connectivity index is 2.02. The Hall–Kier alpha value is -1.88. The van der Waals surface area contributed by atoms with Gasteiger partial charge in [-0.2, -0.15) is 0 Å². The van der Waals surface area contributed by atoms with Crippen molar-refractivity contribution in [2.24, 2.45) is 5.73 Å². The van der Waals surface area contributed by atoms with Crippen LogP contribution in [0.4, 0.5) is 8.78 Å². The van der Waals surface area contributed by atoms with E-state index in [9.17, 15) is 8.78 Å². The van der Waals surface area contributed by atoms with Crippen molar-refractivity contribution in [3.63, 3.8) is 0 Å². The van der Waals surface area contributed by atoms with E-state index >= 15 is 0 Å². The van der Waals surface area contributed by atoms with Gasteiger partial charge in [-0.25, -0.2) is 8.78 Å². The van der Waals surface area contributed by atoms with E-state index in [1.165, 1.54) is 12.1 Å². The van der Waals surface area contributed by atoms with Gasteiger partial charge >= 0.3 is 0 Å². The van der Waals surface area contributed by atoms with Crippen molar-refractivity contribution >= 4 is 0 Å². The Morgan fingerprint density at radius 3 is 2.74 bits per heavy atom. The average molecular weight is 266 g/mol. The third kappa shape index (κ3) is 3.54. The summed E-state index contributed by atoms with van der Waals surface area (Å²) in [7, 11) is 0. The maximum absolute atomic E-state index is 13.4. The highest BCUT2D eigenvalue weighted by molar-refractivity contribution is 5.25. The largest absolute Gasteiger partial charge is 0.490 e. The van der Waals surface area contributed by atoms with Gasteiger partial charge in [0.2, 0.25) is 0 Å². The van der Waals surface area contributed by atoms with E-state index in [-0.39, 0.29) is 11.7 Å². The van der Waals surface area contributed by atoms with E-state index in [0.29, 0.717) is 13.2 Å². The van der Waals surface area contributed by atoms with Crippen LogP contribution in [0.25, 0.3) is 0 Å². The van der Waals surface area contributed by atoms with Crippen molar-refractivity contribution in [1.29, 1.82) is 0 Å². The molecule has 1 aromatic heterocycles. The van der Waals surface area contributed by atoms with Gasteiger partial charge < -0.3 is 15.5 Å². The van der Waals surface area contributed by atoms with E-state index < -0.39 is 11.6 Å². The lowest BCUT2D eigenvalue weighted by Crippen LogP contribution is -2.15. The van der Waals surface area contributed by atoms with E-state index in [0.717, 1.165) is 18.1 Å². The predicted molar refractivity (Wildman–Crippen MR) is 69.1 cm³/mol. The molecule has 0 amide bonds. The van der Waals surface area contributed by atoms with Gasteiger partial charge in [0.15, 0.2) is 11.6 Å². The van der Waals surface area contributed by atoms with Crippen molar-refractivity contribution in [1.82, 2.24) is 4.98 Å². The highest BCUT2D eigenvalue weighted by Crippen LogP contribution is 2.23.